The highest BCUT2D eigenvalue weighted by Crippen LogP contribution is 2.26. The number of benzene rings is 1. The normalized spacial score (nSPS) is 11.1. The second kappa shape index (κ2) is 9.19. The third-order valence-corrected chi connectivity index (χ3v) is 6.29. The number of nitrogens with zero attached hydrogens (tertiary/aromatic N) is 1. The first-order valence-corrected chi connectivity index (χ1v) is 12.0. The smallest absolute Gasteiger partial charge is 0.270 e. The van der Waals surface area contributed by atoms with E-state index < -0.39 is 15.7 Å². The van der Waals surface area contributed by atoms with Gasteiger partial charge in [0.2, 0.25) is 0 Å². The summed E-state index contributed by atoms with van der Waals surface area (Å²) in [4.78, 5) is 30.3. The van der Waals surface area contributed by atoms with Crippen molar-refractivity contribution < 1.29 is 18.0 Å². The number of carbonyl (C=O) groups excluding carboxylic acids is 2. The van der Waals surface area contributed by atoms with Gasteiger partial charge in [0, 0.05) is 24.2 Å². The Bertz CT molecular complexity index is 1160. The summed E-state index contributed by atoms with van der Waals surface area (Å²) in [6, 6.07) is 13.4. The maximum atomic E-state index is 12.7. The van der Waals surface area contributed by atoms with E-state index in [1.807, 2.05) is 24.4 Å². The molecule has 30 heavy (non-hydrogen) atoms. The third-order valence-electron chi connectivity index (χ3n) is 4.24. The van der Waals surface area contributed by atoms with Crippen molar-refractivity contribution in [2.24, 2.45) is 0 Å². The van der Waals surface area contributed by atoms with Crippen LogP contribution in [0.25, 0.3) is 10.4 Å². The molecule has 2 heterocycles. The molecule has 0 fully saturated rings. The van der Waals surface area contributed by atoms with Crippen molar-refractivity contribution >= 4 is 33.0 Å². The fourth-order valence-electron chi connectivity index (χ4n) is 2.73. The molecular weight excluding hydrogens is 422 g/mol. The second-order valence-electron chi connectivity index (χ2n) is 6.56. The van der Waals surface area contributed by atoms with Crippen molar-refractivity contribution in [1.29, 1.82) is 0 Å². The van der Waals surface area contributed by atoms with Gasteiger partial charge in [0.25, 0.3) is 11.8 Å². The molecule has 0 atom stereocenters. The number of rotatable bonds is 7. The number of sulfone groups is 1. The summed E-state index contributed by atoms with van der Waals surface area (Å²) in [5, 5.41) is 7.38. The second-order valence-corrected chi connectivity index (χ2v) is 9.53. The standard InChI is InChI=1S/C21H21N3O4S2/c1-3-22-20(25)17-11-15(19-5-4-10-29-19)12-18(24-17)21(26)23-13-14-6-8-16(9-7-14)30(2,27)28/h4-12H,3,13H2,1-2H3,(H,22,25)(H,23,26). The Morgan fingerprint density at radius 3 is 2.17 bits per heavy atom. The molecule has 2 amide bonds. The molecule has 0 aliphatic rings. The predicted octanol–water partition coefficient (Wildman–Crippen LogP) is 2.89. The first-order valence-electron chi connectivity index (χ1n) is 9.19. The molecule has 0 radical (unpaired) electrons. The molecule has 7 nitrogen and oxygen atoms in total. The van der Waals surface area contributed by atoms with Crippen molar-refractivity contribution in [3.05, 3.63) is 70.9 Å². The number of nitrogens with one attached hydrogen (secondary N) is 2. The van der Waals surface area contributed by atoms with Crippen LogP contribution in [0.5, 0.6) is 0 Å². The highest BCUT2D eigenvalue weighted by molar-refractivity contribution is 7.90. The van der Waals surface area contributed by atoms with Crippen molar-refractivity contribution in [3.8, 4) is 10.4 Å². The maximum Gasteiger partial charge on any atom is 0.270 e. The van der Waals surface area contributed by atoms with E-state index in [1.165, 1.54) is 23.5 Å². The average Bonchev–Trinajstić information content (AvgIpc) is 3.26. The SMILES string of the molecule is CCNC(=O)c1cc(-c2cccs2)cc(C(=O)NCc2ccc(S(C)(=O)=O)cc2)n1. The molecule has 3 aromatic rings. The summed E-state index contributed by atoms with van der Waals surface area (Å²) < 4.78 is 23.1. The summed E-state index contributed by atoms with van der Waals surface area (Å²) in [6.45, 7) is 2.46. The number of carbonyl (C=O) groups is 2. The van der Waals surface area contributed by atoms with Gasteiger partial charge in [-0.05, 0) is 53.8 Å². The molecule has 0 saturated carbocycles. The van der Waals surface area contributed by atoms with Crippen LogP contribution in [-0.4, -0.2) is 38.0 Å². The summed E-state index contributed by atoms with van der Waals surface area (Å²) >= 11 is 1.50. The van der Waals surface area contributed by atoms with Crippen LogP contribution < -0.4 is 10.6 Å². The number of amides is 2. The zero-order valence-electron chi connectivity index (χ0n) is 16.5. The summed E-state index contributed by atoms with van der Waals surface area (Å²) in [7, 11) is -3.27. The lowest BCUT2D eigenvalue weighted by Gasteiger charge is -2.09. The van der Waals surface area contributed by atoms with Gasteiger partial charge < -0.3 is 10.6 Å². The molecule has 156 valence electrons. The van der Waals surface area contributed by atoms with Gasteiger partial charge in [-0.1, -0.05) is 18.2 Å². The first kappa shape index (κ1) is 21.7. The van der Waals surface area contributed by atoms with Gasteiger partial charge in [-0.2, -0.15) is 0 Å². The van der Waals surface area contributed by atoms with Gasteiger partial charge in [0.05, 0.1) is 4.90 Å². The Morgan fingerprint density at radius 1 is 1.00 bits per heavy atom. The lowest BCUT2D eigenvalue weighted by molar-refractivity contribution is 0.0943. The minimum Gasteiger partial charge on any atom is -0.351 e. The van der Waals surface area contributed by atoms with Crippen LogP contribution in [0.15, 0.2) is 58.8 Å². The number of pyridine rings is 1. The van der Waals surface area contributed by atoms with Crippen molar-refractivity contribution in [2.45, 2.75) is 18.4 Å². The maximum absolute atomic E-state index is 12.7. The summed E-state index contributed by atoms with van der Waals surface area (Å²) in [5.41, 5.74) is 1.79. The molecule has 3 rings (SSSR count). The van der Waals surface area contributed by atoms with Gasteiger partial charge in [-0.3, -0.25) is 9.59 Å². The van der Waals surface area contributed by atoms with Crippen molar-refractivity contribution in [3.63, 3.8) is 0 Å². The molecule has 0 spiro atoms. The van der Waals surface area contributed by atoms with Crippen LogP contribution in [0, 0.1) is 0 Å². The minimum absolute atomic E-state index is 0.134. The van der Waals surface area contributed by atoms with E-state index in [4.69, 9.17) is 0 Å². The average molecular weight is 444 g/mol. The molecule has 2 aromatic heterocycles. The number of hydrogen-bond donors (Lipinski definition) is 2. The van der Waals surface area contributed by atoms with Crippen LogP contribution in [0.4, 0.5) is 0 Å². The quantitative estimate of drug-likeness (QED) is 0.584. The Morgan fingerprint density at radius 2 is 1.63 bits per heavy atom. The lowest BCUT2D eigenvalue weighted by Crippen LogP contribution is -2.27. The molecule has 0 aliphatic carbocycles. The Kier molecular flexibility index (Phi) is 6.63. The minimum atomic E-state index is -3.27. The Labute approximate surface area is 179 Å². The molecule has 0 unspecified atom stereocenters. The van der Waals surface area contributed by atoms with Crippen LogP contribution in [0.1, 0.15) is 33.5 Å². The summed E-state index contributed by atoms with van der Waals surface area (Å²) in [6.07, 6.45) is 1.14. The van der Waals surface area contributed by atoms with Gasteiger partial charge in [0.15, 0.2) is 9.84 Å². The molecule has 0 aliphatic heterocycles. The van der Waals surface area contributed by atoms with Gasteiger partial charge in [-0.25, -0.2) is 13.4 Å². The van der Waals surface area contributed by atoms with Crippen LogP contribution in [0.2, 0.25) is 0 Å². The number of thiophene rings is 1. The predicted molar refractivity (Wildman–Crippen MR) is 116 cm³/mol. The lowest BCUT2D eigenvalue weighted by atomic mass is 10.1. The molecule has 9 heteroatoms. The van der Waals surface area contributed by atoms with E-state index in [0.717, 1.165) is 22.3 Å². The van der Waals surface area contributed by atoms with E-state index in [2.05, 4.69) is 15.6 Å². The zero-order valence-corrected chi connectivity index (χ0v) is 18.1. The van der Waals surface area contributed by atoms with Crippen LogP contribution >= 0.6 is 11.3 Å². The monoisotopic (exact) mass is 443 g/mol. The highest BCUT2D eigenvalue weighted by Gasteiger charge is 2.16. The van der Waals surface area contributed by atoms with Gasteiger partial charge >= 0.3 is 0 Å². The fourth-order valence-corrected chi connectivity index (χ4v) is 4.07. The summed E-state index contributed by atoms with van der Waals surface area (Å²) in [5.74, 6) is -0.771. The third kappa shape index (κ3) is 5.31. The molecule has 2 N–H and O–H groups in total. The first-order chi connectivity index (χ1) is 14.3. The van der Waals surface area contributed by atoms with Crippen LogP contribution in [0.3, 0.4) is 0 Å². The van der Waals surface area contributed by atoms with E-state index in [1.54, 1.807) is 24.3 Å². The molecule has 0 saturated heterocycles. The van der Waals surface area contributed by atoms with Crippen molar-refractivity contribution in [2.75, 3.05) is 12.8 Å². The van der Waals surface area contributed by atoms with E-state index in [-0.39, 0.29) is 28.7 Å². The molecule has 0 bridgehead atoms. The topological polar surface area (TPSA) is 105 Å². The van der Waals surface area contributed by atoms with E-state index in [9.17, 15) is 18.0 Å². The zero-order chi connectivity index (χ0) is 21.7. The van der Waals surface area contributed by atoms with Gasteiger partial charge in [0.1, 0.15) is 11.4 Å². The van der Waals surface area contributed by atoms with E-state index >= 15 is 0 Å². The highest BCUT2D eigenvalue weighted by atomic mass is 32.2. The van der Waals surface area contributed by atoms with Gasteiger partial charge in [-0.15, -0.1) is 11.3 Å². The Balaban J connectivity index is 1.81. The van der Waals surface area contributed by atoms with E-state index in [0.29, 0.717) is 6.54 Å². The van der Waals surface area contributed by atoms with Crippen molar-refractivity contribution in [1.82, 2.24) is 15.6 Å². The number of aromatic nitrogens is 1. The fraction of sp³-hybridized carbons (Fsp3) is 0.190. The number of hydrogen-bond acceptors (Lipinski definition) is 6. The van der Waals surface area contributed by atoms with Crippen LogP contribution in [-0.2, 0) is 16.4 Å². The largest absolute Gasteiger partial charge is 0.351 e. The molecular formula is C21H21N3O4S2. The Hall–Kier alpha value is -3.04. The molecule has 1 aromatic carbocycles.